The first kappa shape index (κ1) is 31.9. The standard InChI is InChI=1S/C34H37ClN6O4S/c1-44-33-20(16-36-17-23-11-14-31(43)39-23)9-12-26(40-33)25-7-4-6-24(32(25)35)21-15-29(46-19-21)28-18-37-27(34(41-28)45-2)8-3-5-22-10-13-30(42)38-22/h4,6-7,9,12,15,18-19,22-23,36H,3,5,8,10-11,13-14,16-17H2,1-2H3,(H,38,42)(H,39,43)/t22-,23+/m1/s1. The number of amides is 2. The van der Waals surface area contributed by atoms with Gasteiger partial charge in [0, 0.05) is 54.7 Å². The highest BCUT2D eigenvalue weighted by Gasteiger charge is 2.22. The largest absolute Gasteiger partial charge is 0.481 e. The number of rotatable bonds is 13. The maximum Gasteiger partial charge on any atom is 0.235 e. The second-order valence-corrected chi connectivity index (χ2v) is 12.9. The summed E-state index contributed by atoms with van der Waals surface area (Å²) in [4.78, 5) is 38.1. The zero-order valence-electron chi connectivity index (χ0n) is 25.9. The Hall–Kier alpha value is -4.06. The molecule has 2 aliphatic heterocycles. The summed E-state index contributed by atoms with van der Waals surface area (Å²) >= 11 is 8.58. The van der Waals surface area contributed by atoms with Crippen molar-refractivity contribution in [2.45, 2.75) is 63.6 Å². The lowest BCUT2D eigenvalue weighted by Crippen LogP contribution is -2.35. The van der Waals surface area contributed by atoms with E-state index in [1.54, 1.807) is 31.8 Å². The fourth-order valence-electron chi connectivity index (χ4n) is 5.97. The molecule has 4 aromatic rings. The molecular weight excluding hydrogens is 624 g/mol. The molecule has 0 aliphatic carbocycles. The lowest BCUT2D eigenvalue weighted by Gasteiger charge is -2.14. The van der Waals surface area contributed by atoms with Crippen LogP contribution in [0.1, 0.15) is 49.8 Å². The van der Waals surface area contributed by atoms with E-state index in [0.29, 0.717) is 48.4 Å². The molecule has 3 N–H and O–H groups in total. The molecule has 12 heteroatoms. The van der Waals surface area contributed by atoms with Gasteiger partial charge in [-0.1, -0.05) is 35.9 Å². The molecule has 0 spiro atoms. The van der Waals surface area contributed by atoms with Gasteiger partial charge in [0.2, 0.25) is 23.6 Å². The van der Waals surface area contributed by atoms with Crippen LogP contribution >= 0.6 is 22.9 Å². The average Bonchev–Trinajstić information content (AvgIpc) is 3.83. The number of methoxy groups -OCH3 is 2. The number of nitrogens with one attached hydrogen (secondary N) is 3. The van der Waals surface area contributed by atoms with Gasteiger partial charge in [-0.3, -0.25) is 14.6 Å². The van der Waals surface area contributed by atoms with Gasteiger partial charge in [0.05, 0.1) is 36.0 Å². The zero-order chi connectivity index (χ0) is 32.0. The topological polar surface area (TPSA) is 127 Å². The Bertz CT molecular complexity index is 1730. The van der Waals surface area contributed by atoms with Crippen LogP contribution in [-0.4, -0.2) is 59.6 Å². The lowest BCUT2D eigenvalue weighted by atomic mass is 10.0. The van der Waals surface area contributed by atoms with Gasteiger partial charge in [0.1, 0.15) is 11.4 Å². The van der Waals surface area contributed by atoms with Crippen LogP contribution in [0.3, 0.4) is 0 Å². The third-order valence-electron chi connectivity index (χ3n) is 8.42. The number of hydrogen-bond donors (Lipinski definition) is 3. The predicted octanol–water partition coefficient (Wildman–Crippen LogP) is 5.57. The summed E-state index contributed by atoms with van der Waals surface area (Å²) in [5, 5.41) is 12.1. The molecule has 0 bridgehead atoms. The summed E-state index contributed by atoms with van der Waals surface area (Å²) < 4.78 is 11.2. The van der Waals surface area contributed by atoms with E-state index >= 15 is 0 Å². The maximum atomic E-state index is 11.5. The van der Waals surface area contributed by atoms with Crippen LogP contribution in [0.15, 0.2) is 48.0 Å². The molecule has 3 aromatic heterocycles. The smallest absolute Gasteiger partial charge is 0.235 e. The highest BCUT2D eigenvalue weighted by Crippen LogP contribution is 2.40. The highest BCUT2D eigenvalue weighted by molar-refractivity contribution is 7.14. The molecule has 46 heavy (non-hydrogen) atoms. The van der Waals surface area contributed by atoms with Crippen molar-refractivity contribution in [3.8, 4) is 44.7 Å². The molecule has 1 aromatic carbocycles. The van der Waals surface area contributed by atoms with Gasteiger partial charge in [-0.05, 0) is 55.2 Å². The van der Waals surface area contributed by atoms with E-state index < -0.39 is 0 Å². The minimum absolute atomic E-state index is 0.107. The first-order valence-corrected chi connectivity index (χ1v) is 16.8. The number of halogens is 1. The molecular formula is C34H37ClN6O4S. The Labute approximate surface area is 277 Å². The minimum atomic E-state index is 0.107. The lowest BCUT2D eigenvalue weighted by molar-refractivity contribution is -0.120. The second kappa shape index (κ2) is 14.6. The molecule has 2 saturated heterocycles. The molecule has 2 atom stereocenters. The van der Waals surface area contributed by atoms with Crippen LogP contribution < -0.4 is 25.4 Å². The number of nitrogens with zero attached hydrogens (tertiary/aromatic N) is 3. The highest BCUT2D eigenvalue weighted by atomic mass is 35.5. The van der Waals surface area contributed by atoms with E-state index in [0.717, 1.165) is 70.6 Å². The number of pyridine rings is 1. The molecule has 240 valence electrons. The molecule has 0 radical (unpaired) electrons. The van der Waals surface area contributed by atoms with Crippen LogP contribution in [0.5, 0.6) is 11.8 Å². The van der Waals surface area contributed by atoms with Gasteiger partial charge in [-0.25, -0.2) is 9.97 Å². The molecule has 2 fully saturated rings. The fraction of sp³-hybridized carbons (Fsp3) is 0.382. The molecule has 2 amide bonds. The first-order chi connectivity index (χ1) is 22.4. The van der Waals surface area contributed by atoms with E-state index in [1.807, 2.05) is 30.3 Å². The summed E-state index contributed by atoms with van der Waals surface area (Å²) in [7, 11) is 3.22. The van der Waals surface area contributed by atoms with Gasteiger partial charge < -0.3 is 25.4 Å². The van der Waals surface area contributed by atoms with Crippen molar-refractivity contribution in [3.05, 3.63) is 64.3 Å². The van der Waals surface area contributed by atoms with Gasteiger partial charge >= 0.3 is 0 Å². The summed E-state index contributed by atoms with van der Waals surface area (Å²) in [5.74, 6) is 1.29. The summed E-state index contributed by atoms with van der Waals surface area (Å²) in [6.45, 7) is 1.26. The number of aromatic nitrogens is 3. The van der Waals surface area contributed by atoms with Gasteiger partial charge in [0.15, 0.2) is 0 Å². The molecule has 6 rings (SSSR count). The fourth-order valence-corrected chi connectivity index (χ4v) is 7.16. The predicted molar refractivity (Wildman–Crippen MR) is 179 cm³/mol. The van der Waals surface area contributed by atoms with E-state index in [9.17, 15) is 9.59 Å². The monoisotopic (exact) mass is 660 g/mol. The summed E-state index contributed by atoms with van der Waals surface area (Å²) in [6, 6.07) is 12.3. The Morgan fingerprint density at radius 1 is 0.957 bits per heavy atom. The van der Waals surface area contributed by atoms with E-state index in [4.69, 9.17) is 31.0 Å². The Balaban J connectivity index is 1.14. The maximum absolute atomic E-state index is 11.5. The van der Waals surface area contributed by atoms with Crippen molar-refractivity contribution >= 4 is 34.8 Å². The zero-order valence-corrected chi connectivity index (χ0v) is 27.5. The number of thiophene rings is 1. The Morgan fingerprint density at radius 3 is 2.43 bits per heavy atom. The Morgan fingerprint density at radius 2 is 1.70 bits per heavy atom. The van der Waals surface area contributed by atoms with Crippen LogP contribution in [0.4, 0.5) is 0 Å². The van der Waals surface area contributed by atoms with Gasteiger partial charge in [0.25, 0.3) is 0 Å². The van der Waals surface area contributed by atoms with E-state index in [2.05, 4.69) is 32.4 Å². The number of aryl methyl sites for hydroxylation is 1. The molecule has 2 aliphatic rings. The second-order valence-electron chi connectivity index (χ2n) is 11.6. The van der Waals surface area contributed by atoms with Crippen LogP contribution in [-0.2, 0) is 22.6 Å². The SMILES string of the molecule is COc1nc(-c2cccc(-c3csc(-c4cnc(CCC[C@@H]5CCC(=O)N5)c(OC)n4)c3)c2Cl)ccc1CNC[C@@H]1CCC(=O)N1. The number of benzene rings is 1. The van der Waals surface area contributed by atoms with Gasteiger partial charge in [-0.2, -0.15) is 0 Å². The van der Waals surface area contributed by atoms with Crippen molar-refractivity contribution in [1.82, 2.24) is 30.9 Å². The number of ether oxygens (including phenoxy) is 2. The number of carbonyl (C=O) groups excluding carboxylic acids is 2. The summed E-state index contributed by atoms with van der Waals surface area (Å²) in [5.41, 5.74) is 5.86. The van der Waals surface area contributed by atoms with Crippen molar-refractivity contribution in [2.24, 2.45) is 0 Å². The third-order valence-corrected chi connectivity index (χ3v) is 9.78. The molecule has 10 nitrogen and oxygen atoms in total. The van der Waals surface area contributed by atoms with Gasteiger partial charge in [-0.15, -0.1) is 11.3 Å². The number of hydrogen-bond acceptors (Lipinski definition) is 9. The van der Waals surface area contributed by atoms with E-state index in [1.165, 1.54) is 0 Å². The van der Waals surface area contributed by atoms with E-state index in [-0.39, 0.29) is 23.9 Å². The minimum Gasteiger partial charge on any atom is -0.481 e. The van der Waals surface area contributed by atoms with Crippen molar-refractivity contribution in [3.63, 3.8) is 0 Å². The molecule has 0 unspecified atom stereocenters. The normalized spacial score (nSPS) is 17.6. The quantitative estimate of drug-likeness (QED) is 0.170. The third kappa shape index (κ3) is 7.32. The Kier molecular flexibility index (Phi) is 10.1. The average molecular weight is 661 g/mol. The van der Waals surface area contributed by atoms with Crippen LogP contribution in [0.2, 0.25) is 5.02 Å². The molecule has 5 heterocycles. The molecule has 0 saturated carbocycles. The van der Waals surface area contributed by atoms with Crippen molar-refractivity contribution < 1.29 is 19.1 Å². The van der Waals surface area contributed by atoms with Crippen LogP contribution in [0.25, 0.3) is 33.0 Å². The van der Waals surface area contributed by atoms with Crippen LogP contribution in [0, 0.1) is 0 Å². The van der Waals surface area contributed by atoms with Crippen molar-refractivity contribution in [2.75, 3.05) is 20.8 Å². The number of carbonyl (C=O) groups is 2. The van der Waals surface area contributed by atoms with Crippen molar-refractivity contribution in [1.29, 1.82) is 0 Å². The first-order valence-electron chi connectivity index (χ1n) is 15.5. The summed E-state index contributed by atoms with van der Waals surface area (Å²) in [6.07, 6.45) is 7.27.